The number of carbonyl (C=O) groups excluding carboxylic acids is 1. The Balaban J connectivity index is 2.29. The molecule has 0 fully saturated rings. The number of thiophene rings is 1. The van der Waals surface area contributed by atoms with Crippen LogP contribution in [0.15, 0.2) is 17.5 Å². The van der Waals surface area contributed by atoms with Crippen LogP contribution in [0.4, 0.5) is 0 Å². The molecule has 1 aromatic heterocycles. The summed E-state index contributed by atoms with van der Waals surface area (Å²) >= 11 is 1.57. The number of hydrogen-bond donors (Lipinski definition) is 3. The Morgan fingerprint density at radius 2 is 2.16 bits per heavy atom. The Morgan fingerprint density at radius 3 is 2.68 bits per heavy atom. The number of rotatable bonds is 8. The maximum atomic E-state index is 11.6. The van der Waals surface area contributed by atoms with Gasteiger partial charge in [-0.1, -0.05) is 19.9 Å². The van der Waals surface area contributed by atoms with E-state index in [0.717, 1.165) is 4.88 Å². The summed E-state index contributed by atoms with van der Waals surface area (Å²) in [7, 11) is 0. The van der Waals surface area contributed by atoms with Crippen molar-refractivity contribution in [1.82, 2.24) is 10.6 Å². The second-order valence-corrected chi connectivity index (χ2v) is 5.79. The van der Waals surface area contributed by atoms with E-state index < -0.39 is 12.0 Å². The topological polar surface area (TPSA) is 78.4 Å². The summed E-state index contributed by atoms with van der Waals surface area (Å²) in [5.41, 5.74) is 0. The van der Waals surface area contributed by atoms with Gasteiger partial charge in [-0.25, -0.2) is 0 Å². The maximum Gasteiger partial charge on any atom is 0.320 e. The third-order valence-electron chi connectivity index (χ3n) is 2.55. The number of carboxylic acids is 1. The fourth-order valence-electron chi connectivity index (χ4n) is 1.62. The smallest absolute Gasteiger partial charge is 0.320 e. The molecule has 6 heteroatoms. The lowest BCUT2D eigenvalue weighted by atomic mass is 10.0. The average molecular weight is 284 g/mol. The average Bonchev–Trinajstić information content (AvgIpc) is 2.84. The van der Waals surface area contributed by atoms with E-state index in [0.29, 0.717) is 13.0 Å². The van der Waals surface area contributed by atoms with Gasteiger partial charge in [0.05, 0.1) is 13.1 Å². The van der Waals surface area contributed by atoms with Crippen LogP contribution in [0.5, 0.6) is 0 Å². The molecular weight excluding hydrogens is 264 g/mol. The van der Waals surface area contributed by atoms with Crippen LogP contribution in [0.1, 0.15) is 25.1 Å². The second kappa shape index (κ2) is 7.91. The van der Waals surface area contributed by atoms with Crippen LogP contribution in [-0.4, -0.2) is 29.6 Å². The Morgan fingerprint density at radius 1 is 1.42 bits per heavy atom. The Kier molecular flexibility index (Phi) is 6.52. The second-order valence-electron chi connectivity index (χ2n) is 4.76. The number of nitrogens with one attached hydrogen (secondary N) is 2. The SMILES string of the molecule is CC(C)CC(NCC(=O)NCc1cccs1)C(=O)O. The molecular formula is C13H20N2O3S. The van der Waals surface area contributed by atoms with Gasteiger partial charge in [-0.05, 0) is 23.8 Å². The molecule has 1 heterocycles. The van der Waals surface area contributed by atoms with Gasteiger partial charge in [0.25, 0.3) is 0 Å². The van der Waals surface area contributed by atoms with Crippen molar-refractivity contribution < 1.29 is 14.7 Å². The molecule has 0 aliphatic carbocycles. The first-order valence-corrected chi connectivity index (χ1v) is 7.12. The summed E-state index contributed by atoms with van der Waals surface area (Å²) in [4.78, 5) is 23.7. The van der Waals surface area contributed by atoms with E-state index in [2.05, 4.69) is 10.6 Å². The maximum absolute atomic E-state index is 11.6. The van der Waals surface area contributed by atoms with Crippen molar-refractivity contribution in [1.29, 1.82) is 0 Å². The third kappa shape index (κ3) is 6.35. The lowest BCUT2D eigenvalue weighted by Gasteiger charge is -2.16. The van der Waals surface area contributed by atoms with Crippen molar-refractivity contribution >= 4 is 23.2 Å². The van der Waals surface area contributed by atoms with Crippen molar-refractivity contribution in [3.63, 3.8) is 0 Å². The molecule has 1 atom stereocenters. The van der Waals surface area contributed by atoms with Gasteiger partial charge in [0.15, 0.2) is 0 Å². The molecule has 1 amide bonds. The Labute approximate surface area is 117 Å². The lowest BCUT2D eigenvalue weighted by Crippen LogP contribution is -2.43. The first-order chi connectivity index (χ1) is 8.99. The molecule has 0 spiro atoms. The Hall–Kier alpha value is -1.40. The fourth-order valence-corrected chi connectivity index (χ4v) is 2.26. The molecule has 1 rings (SSSR count). The molecule has 0 aliphatic heterocycles. The zero-order valence-corrected chi connectivity index (χ0v) is 12.0. The van der Waals surface area contributed by atoms with Crippen LogP contribution in [0.3, 0.4) is 0 Å². The summed E-state index contributed by atoms with van der Waals surface area (Å²) in [6.07, 6.45) is 0.507. The van der Waals surface area contributed by atoms with Crippen LogP contribution >= 0.6 is 11.3 Å². The fraction of sp³-hybridized carbons (Fsp3) is 0.538. The van der Waals surface area contributed by atoms with Crippen LogP contribution in [0.25, 0.3) is 0 Å². The van der Waals surface area contributed by atoms with E-state index in [4.69, 9.17) is 5.11 Å². The molecule has 0 saturated carbocycles. The van der Waals surface area contributed by atoms with Gasteiger partial charge < -0.3 is 10.4 Å². The molecule has 1 unspecified atom stereocenters. The quantitative estimate of drug-likeness (QED) is 0.675. The van der Waals surface area contributed by atoms with Gasteiger partial charge in [-0.3, -0.25) is 14.9 Å². The van der Waals surface area contributed by atoms with Crippen LogP contribution in [0, 0.1) is 5.92 Å². The molecule has 5 nitrogen and oxygen atoms in total. The standard InChI is InChI=1S/C13H20N2O3S/c1-9(2)6-11(13(17)18)14-8-12(16)15-7-10-4-3-5-19-10/h3-5,9,11,14H,6-8H2,1-2H3,(H,15,16)(H,17,18). The summed E-state index contributed by atoms with van der Waals surface area (Å²) < 4.78 is 0. The van der Waals surface area contributed by atoms with E-state index in [-0.39, 0.29) is 18.4 Å². The van der Waals surface area contributed by atoms with Crippen molar-refractivity contribution in [3.8, 4) is 0 Å². The zero-order chi connectivity index (χ0) is 14.3. The monoisotopic (exact) mass is 284 g/mol. The summed E-state index contributed by atoms with van der Waals surface area (Å²) in [6, 6.07) is 3.19. The highest BCUT2D eigenvalue weighted by atomic mass is 32.1. The molecule has 0 aromatic carbocycles. The van der Waals surface area contributed by atoms with Crippen LogP contribution < -0.4 is 10.6 Å². The number of amides is 1. The third-order valence-corrected chi connectivity index (χ3v) is 3.43. The molecule has 106 valence electrons. The Bertz CT molecular complexity index is 404. The van der Waals surface area contributed by atoms with E-state index in [1.165, 1.54) is 0 Å². The van der Waals surface area contributed by atoms with Crippen molar-refractivity contribution in [3.05, 3.63) is 22.4 Å². The highest BCUT2D eigenvalue weighted by Gasteiger charge is 2.18. The lowest BCUT2D eigenvalue weighted by molar-refractivity contribution is -0.140. The van der Waals surface area contributed by atoms with Gasteiger partial charge in [-0.2, -0.15) is 0 Å². The van der Waals surface area contributed by atoms with Crippen molar-refractivity contribution in [2.75, 3.05) is 6.54 Å². The number of aliphatic carboxylic acids is 1. The van der Waals surface area contributed by atoms with Gasteiger partial charge >= 0.3 is 5.97 Å². The highest BCUT2D eigenvalue weighted by molar-refractivity contribution is 7.09. The summed E-state index contributed by atoms with van der Waals surface area (Å²) in [6.45, 7) is 4.41. The molecule has 3 N–H and O–H groups in total. The number of carbonyl (C=O) groups is 2. The first-order valence-electron chi connectivity index (χ1n) is 6.24. The molecule has 1 aromatic rings. The largest absolute Gasteiger partial charge is 0.480 e. The highest BCUT2D eigenvalue weighted by Crippen LogP contribution is 2.07. The van der Waals surface area contributed by atoms with E-state index in [1.54, 1.807) is 11.3 Å². The van der Waals surface area contributed by atoms with Gasteiger partial charge in [0.1, 0.15) is 6.04 Å². The van der Waals surface area contributed by atoms with E-state index in [1.807, 2.05) is 31.4 Å². The van der Waals surface area contributed by atoms with Gasteiger partial charge in [0.2, 0.25) is 5.91 Å². The minimum Gasteiger partial charge on any atom is -0.480 e. The first kappa shape index (κ1) is 15.7. The van der Waals surface area contributed by atoms with Crippen molar-refractivity contribution in [2.45, 2.75) is 32.9 Å². The minimum absolute atomic E-state index is 0.0229. The zero-order valence-electron chi connectivity index (χ0n) is 11.2. The van der Waals surface area contributed by atoms with Gasteiger partial charge in [-0.15, -0.1) is 11.3 Å². The predicted molar refractivity (Wildman–Crippen MR) is 75.0 cm³/mol. The van der Waals surface area contributed by atoms with Crippen LogP contribution in [0.2, 0.25) is 0 Å². The van der Waals surface area contributed by atoms with Crippen molar-refractivity contribution in [2.24, 2.45) is 5.92 Å². The molecule has 19 heavy (non-hydrogen) atoms. The predicted octanol–water partition coefficient (Wildman–Crippen LogP) is 1.45. The van der Waals surface area contributed by atoms with E-state index >= 15 is 0 Å². The van der Waals surface area contributed by atoms with Crippen LogP contribution in [-0.2, 0) is 16.1 Å². The van der Waals surface area contributed by atoms with E-state index in [9.17, 15) is 9.59 Å². The van der Waals surface area contributed by atoms with Gasteiger partial charge in [0, 0.05) is 4.88 Å². The summed E-state index contributed by atoms with van der Waals surface area (Å²) in [5, 5.41) is 16.5. The summed E-state index contributed by atoms with van der Waals surface area (Å²) in [5.74, 6) is -0.842. The number of carboxylic acid groups (broad SMARTS) is 1. The molecule has 0 radical (unpaired) electrons. The molecule has 0 aliphatic rings. The molecule has 0 bridgehead atoms. The molecule has 0 saturated heterocycles. The minimum atomic E-state index is -0.917. The normalized spacial score (nSPS) is 12.4. The number of hydrogen-bond acceptors (Lipinski definition) is 4.